The maximum absolute atomic E-state index is 11.4. The van der Waals surface area contributed by atoms with Gasteiger partial charge in [0, 0.05) is 37.7 Å². The first kappa shape index (κ1) is 14.7. The van der Waals surface area contributed by atoms with Crippen molar-refractivity contribution in [3.05, 3.63) is 0 Å². The van der Waals surface area contributed by atoms with Crippen LogP contribution in [0.25, 0.3) is 0 Å². The van der Waals surface area contributed by atoms with Gasteiger partial charge in [0.1, 0.15) is 0 Å². The van der Waals surface area contributed by atoms with Gasteiger partial charge in [0.2, 0.25) is 10.0 Å². The fourth-order valence-corrected chi connectivity index (χ4v) is 3.45. The standard InChI is InChI=1S/C9H18N2O4S2/c12-9(13)1-8-17(14,15)10-2-3-11-4-6-16-7-5-11/h10H,1-8H2,(H,12,13). The highest BCUT2D eigenvalue weighted by molar-refractivity contribution is 7.99. The van der Waals surface area contributed by atoms with Crippen LogP contribution in [0.3, 0.4) is 0 Å². The third kappa shape index (κ3) is 6.87. The average Bonchev–Trinajstić information content (AvgIpc) is 2.28. The minimum atomic E-state index is -3.44. The maximum Gasteiger partial charge on any atom is 0.304 e. The molecule has 1 aliphatic heterocycles. The first-order chi connectivity index (χ1) is 7.99. The summed E-state index contributed by atoms with van der Waals surface area (Å²) in [4.78, 5) is 12.5. The predicted molar refractivity (Wildman–Crippen MR) is 67.8 cm³/mol. The van der Waals surface area contributed by atoms with Crippen molar-refractivity contribution in [3.63, 3.8) is 0 Å². The number of nitrogens with zero attached hydrogens (tertiary/aromatic N) is 1. The third-order valence-corrected chi connectivity index (χ3v) is 4.77. The number of rotatable bonds is 7. The van der Waals surface area contributed by atoms with E-state index in [4.69, 9.17) is 5.11 Å². The molecule has 0 unspecified atom stereocenters. The molecule has 2 N–H and O–H groups in total. The molecule has 1 heterocycles. The second-order valence-corrected chi connectivity index (χ2v) is 6.96. The Morgan fingerprint density at radius 3 is 2.59 bits per heavy atom. The monoisotopic (exact) mass is 282 g/mol. The molecule has 0 aromatic carbocycles. The molecule has 0 atom stereocenters. The molecule has 6 nitrogen and oxygen atoms in total. The Hall–Kier alpha value is -0.310. The van der Waals surface area contributed by atoms with E-state index in [1.807, 2.05) is 11.8 Å². The fraction of sp³-hybridized carbons (Fsp3) is 0.889. The molecule has 0 aromatic rings. The van der Waals surface area contributed by atoms with Gasteiger partial charge in [0.15, 0.2) is 0 Å². The van der Waals surface area contributed by atoms with Crippen LogP contribution in [0.5, 0.6) is 0 Å². The molecule has 0 aromatic heterocycles. The Bertz CT molecular complexity index is 339. The number of thioether (sulfide) groups is 1. The number of carboxylic acid groups (broad SMARTS) is 1. The number of nitrogens with one attached hydrogen (secondary N) is 1. The van der Waals surface area contributed by atoms with Crippen LogP contribution < -0.4 is 4.72 Å². The summed E-state index contributed by atoms with van der Waals surface area (Å²) < 4.78 is 25.2. The molecule has 0 bridgehead atoms. The van der Waals surface area contributed by atoms with Gasteiger partial charge in [-0.3, -0.25) is 4.79 Å². The van der Waals surface area contributed by atoms with Crippen LogP contribution in [0.1, 0.15) is 6.42 Å². The lowest BCUT2D eigenvalue weighted by molar-refractivity contribution is -0.136. The van der Waals surface area contributed by atoms with Gasteiger partial charge in [0.25, 0.3) is 0 Å². The van der Waals surface area contributed by atoms with Crippen LogP contribution in [0, 0.1) is 0 Å². The SMILES string of the molecule is O=C(O)CCS(=O)(=O)NCCN1CCSCC1. The summed E-state index contributed by atoms with van der Waals surface area (Å²) in [6.07, 6.45) is -0.352. The van der Waals surface area contributed by atoms with Gasteiger partial charge < -0.3 is 10.0 Å². The Labute approximate surface area is 106 Å². The Balaban J connectivity index is 2.17. The molecular weight excluding hydrogens is 264 g/mol. The Morgan fingerprint density at radius 2 is 2.00 bits per heavy atom. The van der Waals surface area contributed by atoms with Crippen LogP contribution in [-0.4, -0.2) is 67.8 Å². The minimum absolute atomic E-state index is 0.349. The van der Waals surface area contributed by atoms with Gasteiger partial charge in [0.05, 0.1) is 12.2 Å². The smallest absolute Gasteiger partial charge is 0.304 e. The summed E-state index contributed by atoms with van der Waals surface area (Å²) in [5, 5.41) is 8.40. The van der Waals surface area contributed by atoms with Crippen molar-refractivity contribution in [2.45, 2.75) is 6.42 Å². The molecule has 1 fully saturated rings. The zero-order valence-corrected chi connectivity index (χ0v) is 11.2. The van der Waals surface area contributed by atoms with E-state index in [0.717, 1.165) is 24.6 Å². The van der Waals surface area contributed by atoms with E-state index in [-0.39, 0.29) is 12.2 Å². The second-order valence-electron chi connectivity index (χ2n) is 3.81. The lowest BCUT2D eigenvalue weighted by atomic mass is 10.5. The molecule has 0 saturated carbocycles. The number of sulfonamides is 1. The molecule has 0 amide bonds. The summed E-state index contributed by atoms with van der Waals surface area (Å²) in [5.74, 6) is 0.735. The largest absolute Gasteiger partial charge is 0.481 e. The van der Waals surface area contributed by atoms with Gasteiger partial charge in [-0.1, -0.05) is 0 Å². The number of carbonyl (C=O) groups is 1. The normalized spacial score (nSPS) is 18.1. The highest BCUT2D eigenvalue weighted by Gasteiger charge is 2.14. The van der Waals surface area contributed by atoms with Crippen molar-refractivity contribution in [2.24, 2.45) is 0 Å². The third-order valence-electron chi connectivity index (χ3n) is 2.44. The van der Waals surface area contributed by atoms with Crippen molar-refractivity contribution < 1.29 is 18.3 Å². The number of hydrogen-bond donors (Lipinski definition) is 2. The first-order valence-corrected chi connectivity index (χ1v) is 8.29. The number of aliphatic carboxylic acids is 1. The van der Waals surface area contributed by atoms with Crippen molar-refractivity contribution in [1.82, 2.24) is 9.62 Å². The summed E-state index contributed by atoms with van der Waals surface area (Å²) in [5.41, 5.74) is 0. The molecule has 1 aliphatic rings. The highest BCUT2D eigenvalue weighted by Crippen LogP contribution is 2.07. The second kappa shape index (κ2) is 7.20. The quantitative estimate of drug-likeness (QED) is 0.650. The van der Waals surface area contributed by atoms with E-state index in [0.29, 0.717) is 13.1 Å². The molecule has 8 heteroatoms. The van der Waals surface area contributed by atoms with Crippen LogP contribution in [0.4, 0.5) is 0 Å². The van der Waals surface area contributed by atoms with Gasteiger partial charge in [-0.2, -0.15) is 11.8 Å². The average molecular weight is 282 g/mol. The molecule has 17 heavy (non-hydrogen) atoms. The maximum atomic E-state index is 11.4. The van der Waals surface area contributed by atoms with Crippen molar-refractivity contribution in [3.8, 4) is 0 Å². The van der Waals surface area contributed by atoms with E-state index < -0.39 is 16.0 Å². The molecule has 0 spiro atoms. The number of carboxylic acids is 1. The number of hydrogen-bond acceptors (Lipinski definition) is 5. The minimum Gasteiger partial charge on any atom is -0.481 e. The highest BCUT2D eigenvalue weighted by atomic mass is 32.2. The van der Waals surface area contributed by atoms with E-state index in [2.05, 4.69) is 9.62 Å². The van der Waals surface area contributed by atoms with Crippen LogP contribution in [0.15, 0.2) is 0 Å². The molecular formula is C9H18N2O4S2. The van der Waals surface area contributed by atoms with Gasteiger partial charge in [-0.25, -0.2) is 13.1 Å². The lowest BCUT2D eigenvalue weighted by Crippen LogP contribution is -2.39. The molecule has 100 valence electrons. The predicted octanol–water partition coefficient (Wildman–Crippen LogP) is -0.571. The Kier molecular flexibility index (Phi) is 6.24. The summed E-state index contributed by atoms with van der Waals surface area (Å²) in [7, 11) is -3.44. The van der Waals surface area contributed by atoms with Gasteiger partial charge in [-0.05, 0) is 0 Å². The van der Waals surface area contributed by atoms with Crippen LogP contribution >= 0.6 is 11.8 Å². The van der Waals surface area contributed by atoms with E-state index in [9.17, 15) is 13.2 Å². The van der Waals surface area contributed by atoms with Crippen molar-refractivity contribution in [2.75, 3.05) is 43.4 Å². The Morgan fingerprint density at radius 1 is 1.35 bits per heavy atom. The van der Waals surface area contributed by atoms with Crippen LogP contribution in [0.2, 0.25) is 0 Å². The summed E-state index contributed by atoms with van der Waals surface area (Å²) >= 11 is 1.90. The van der Waals surface area contributed by atoms with E-state index in [1.165, 1.54) is 0 Å². The van der Waals surface area contributed by atoms with Crippen LogP contribution in [-0.2, 0) is 14.8 Å². The molecule has 0 radical (unpaired) electrons. The zero-order chi connectivity index (χ0) is 12.7. The topological polar surface area (TPSA) is 86.7 Å². The zero-order valence-electron chi connectivity index (χ0n) is 9.59. The van der Waals surface area contributed by atoms with E-state index in [1.54, 1.807) is 0 Å². The summed E-state index contributed by atoms with van der Waals surface area (Å²) in [6, 6.07) is 0. The van der Waals surface area contributed by atoms with Gasteiger partial charge in [-0.15, -0.1) is 0 Å². The molecule has 0 aliphatic carbocycles. The van der Waals surface area contributed by atoms with E-state index >= 15 is 0 Å². The van der Waals surface area contributed by atoms with Crippen molar-refractivity contribution >= 4 is 27.8 Å². The molecule has 1 saturated heterocycles. The summed E-state index contributed by atoms with van der Waals surface area (Å²) in [6.45, 7) is 3.02. The lowest BCUT2D eigenvalue weighted by Gasteiger charge is -2.25. The van der Waals surface area contributed by atoms with Crippen molar-refractivity contribution in [1.29, 1.82) is 0 Å². The van der Waals surface area contributed by atoms with Gasteiger partial charge >= 0.3 is 5.97 Å². The first-order valence-electron chi connectivity index (χ1n) is 5.49. The fourth-order valence-electron chi connectivity index (χ4n) is 1.48. The molecule has 1 rings (SSSR count).